The average Bonchev–Trinajstić information content (AvgIpc) is 3.08. The highest BCUT2D eigenvalue weighted by atomic mass is 35.5. The van der Waals surface area contributed by atoms with Crippen LogP contribution in [0.25, 0.3) is 10.9 Å². The van der Waals surface area contributed by atoms with Crippen molar-refractivity contribution >= 4 is 44.1 Å². The molecule has 2 aromatic carbocycles. The van der Waals surface area contributed by atoms with E-state index in [9.17, 15) is 13.2 Å². The van der Waals surface area contributed by atoms with E-state index in [1.165, 1.54) is 0 Å². The lowest BCUT2D eigenvalue weighted by Crippen LogP contribution is -2.56. The molecule has 0 saturated carbocycles. The number of likely N-dealkylation sites (N-methyl/N-ethyl adjacent to an activating group) is 1. The summed E-state index contributed by atoms with van der Waals surface area (Å²) in [4.78, 5) is 13.9. The zero-order chi connectivity index (χ0) is 22.3. The minimum atomic E-state index is -3.44. The van der Waals surface area contributed by atoms with Crippen molar-refractivity contribution in [3.63, 3.8) is 0 Å². The molecule has 0 radical (unpaired) electrons. The molecule has 1 aromatic heterocycles. The first-order valence-corrected chi connectivity index (χ1v) is 11.9. The second-order valence-corrected chi connectivity index (χ2v) is 10.5. The van der Waals surface area contributed by atoms with Crippen LogP contribution in [-0.2, 0) is 20.4 Å². The van der Waals surface area contributed by atoms with Crippen molar-refractivity contribution in [1.82, 2.24) is 4.57 Å². The Morgan fingerprint density at radius 2 is 1.73 bits per heavy atom. The molecular weight excluding hydrogens is 422 g/mol. The van der Waals surface area contributed by atoms with Crippen LogP contribution in [0.15, 0.2) is 54.7 Å². The minimum absolute atomic E-state index is 0.00583. The SMILES string of the molecule is CCC(C(=O)[N+](C)(C)C)(c1ccc(Cl)cc1)n1ccc2c(NS(C)(=O)=O)cccc21. The molecule has 8 heteroatoms. The molecule has 0 fully saturated rings. The Kier molecular flexibility index (Phi) is 5.75. The lowest BCUT2D eigenvalue weighted by Gasteiger charge is -2.38. The van der Waals surface area contributed by atoms with Gasteiger partial charge in [0.05, 0.1) is 38.6 Å². The maximum Gasteiger partial charge on any atom is 0.343 e. The highest BCUT2D eigenvalue weighted by Crippen LogP contribution is 2.38. The van der Waals surface area contributed by atoms with Crippen molar-refractivity contribution in [1.29, 1.82) is 0 Å². The molecule has 1 N–H and O–H groups in total. The van der Waals surface area contributed by atoms with E-state index in [0.717, 1.165) is 22.7 Å². The van der Waals surface area contributed by atoms with E-state index in [2.05, 4.69) is 4.72 Å². The number of anilines is 1. The zero-order valence-electron chi connectivity index (χ0n) is 17.8. The Balaban J connectivity index is 2.35. The number of halogens is 1. The number of aromatic nitrogens is 1. The first-order chi connectivity index (χ1) is 13.9. The lowest BCUT2D eigenvalue weighted by molar-refractivity contribution is -0.795. The van der Waals surface area contributed by atoms with Crippen LogP contribution in [0.5, 0.6) is 0 Å². The van der Waals surface area contributed by atoms with Crippen LogP contribution >= 0.6 is 11.6 Å². The molecule has 1 unspecified atom stereocenters. The Hall–Kier alpha value is -2.35. The quantitative estimate of drug-likeness (QED) is 0.578. The van der Waals surface area contributed by atoms with E-state index in [4.69, 9.17) is 11.6 Å². The third-order valence-electron chi connectivity index (χ3n) is 5.24. The fraction of sp³-hybridized carbons (Fsp3) is 0.318. The van der Waals surface area contributed by atoms with Gasteiger partial charge < -0.3 is 4.57 Å². The van der Waals surface area contributed by atoms with Crippen molar-refractivity contribution in [3.05, 3.63) is 65.3 Å². The molecule has 0 aliphatic rings. The van der Waals surface area contributed by atoms with E-state index in [0.29, 0.717) is 17.1 Å². The molecule has 1 amide bonds. The Morgan fingerprint density at radius 1 is 1.10 bits per heavy atom. The molecule has 0 saturated heterocycles. The van der Waals surface area contributed by atoms with Crippen LogP contribution in [0, 0.1) is 0 Å². The number of nitrogens with one attached hydrogen (secondary N) is 1. The van der Waals surface area contributed by atoms with Gasteiger partial charge in [0.25, 0.3) is 0 Å². The first-order valence-electron chi connectivity index (χ1n) is 9.61. The molecule has 30 heavy (non-hydrogen) atoms. The highest BCUT2D eigenvalue weighted by molar-refractivity contribution is 7.92. The molecule has 160 valence electrons. The number of fused-ring (bicyclic) bond motifs is 1. The first kappa shape index (κ1) is 22.3. The Labute approximate surface area is 182 Å². The van der Waals surface area contributed by atoms with Gasteiger partial charge in [0, 0.05) is 16.6 Å². The van der Waals surface area contributed by atoms with Gasteiger partial charge in [-0.05, 0) is 42.3 Å². The fourth-order valence-electron chi connectivity index (χ4n) is 3.96. The predicted molar refractivity (Wildman–Crippen MR) is 122 cm³/mol. The topological polar surface area (TPSA) is 68.2 Å². The monoisotopic (exact) mass is 448 g/mol. The van der Waals surface area contributed by atoms with Gasteiger partial charge in [-0.2, -0.15) is 0 Å². The molecule has 0 bridgehead atoms. The second kappa shape index (κ2) is 7.72. The maximum absolute atomic E-state index is 13.9. The lowest BCUT2D eigenvalue weighted by atomic mass is 9.84. The summed E-state index contributed by atoms with van der Waals surface area (Å²) in [6, 6.07) is 14.6. The van der Waals surface area contributed by atoms with E-state index in [-0.39, 0.29) is 10.4 Å². The minimum Gasteiger partial charge on any atom is -0.325 e. The number of hydrogen-bond acceptors (Lipinski definition) is 3. The predicted octanol–water partition coefficient (Wildman–Crippen LogP) is 4.05. The Bertz CT molecular complexity index is 1190. The van der Waals surface area contributed by atoms with Crippen LogP contribution in [0.2, 0.25) is 5.02 Å². The molecule has 3 rings (SSSR count). The largest absolute Gasteiger partial charge is 0.343 e. The van der Waals surface area contributed by atoms with E-state index >= 15 is 0 Å². The summed E-state index contributed by atoms with van der Waals surface area (Å²) in [6.45, 7) is 1.98. The van der Waals surface area contributed by atoms with E-state index in [1.807, 2.05) is 63.1 Å². The summed E-state index contributed by atoms with van der Waals surface area (Å²) >= 11 is 6.12. The number of benzene rings is 2. The molecule has 0 aliphatic carbocycles. The second-order valence-electron chi connectivity index (χ2n) is 8.34. The van der Waals surface area contributed by atoms with Crippen molar-refractivity contribution in [3.8, 4) is 0 Å². The number of rotatable bonds is 6. The summed E-state index contributed by atoms with van der Waals surface area (Å²) in [6.07, 6.45) is 3.48. The van der Waals surface area contributed by atoms with E-state index in [1.54, 1.807) is 24.3 Å². The number of sulfonamides is 1. The molecular formula is C22H27ClN3O3S+. The van der Waals surface area contributed by atoms with Crippen LogP contribution in [0.4, 0.5) is 5.69 Å². The van der Waals surface area contributed by atoms with Gasteiger partial charge in [-0.15, -0.1) is 0 Å². The zero-order valence-corrected chi connectivity index (χ0v) is 19.4. The van der Waals surface area contributed by atoms with Gasteiger partial charge in [-0.1, -0.05) is 36.7 Å². The number of nitrogens with zero attached hydrogens (tertiary/aromatic N) is 2. The molecule has 6 nitrogen and oxygen atoms in total. The molecule has 0 spiro atoms. The summed E-state index contributed by atoms with van der Waals surface area (Å²) in [5.41, 5.74) is 1.08. The smallest absolute Gasteiger partial charge is 0.325 e. The number of carbonyl (C=O) groups is 1. The maximum atomic E-state index is 13.9. The normalized spacial score (nSPS) is 14.5. The molecule has 1 heterocycles. The summed E-state index contributed by atoms with van der Waals surface area (Å²) in [5, 5.41) is 1.32. The van der Waals surface area contributed by atoms with Gasteiger partial charge >= 0.3 is 5.91 Å². The molecule has 3 aromatic rings. The molecule has 0 aliphatic heterocycles. The number of carbonyl (C=O) groups excluding carboxylic acids is 1. The number of quaternary nitrogens is 1. The van der Waals surface area contributed by atoms with Crippen LogP contribution in [0.1, 0.15) is 18.9 Å². The summed E-state index contributed by atoms with van der Waals surface area (Å²) < 4.78 is 28.3. The Morgan fingerprint density at radius 3 is 2.27 bits per heavy atom. The number of hydrogen-bond donors (Lipinski definition) is 1. The third-order valence-corrected chi connectivity index (χ3v) is 6.08. The van der Waals surface area contributed by atoms with Crippen LogP contribution < -0.4 is 4.72 Å². The van der Waals surface area contributed by atoms with Gasteiger partial charge in [-0.25, -0.2) is 13.2 Å². The standard InChI is InChI=1S/C22H27ClN3O3S/c1-6-22(21(27)26(2,3)4,16-10-12-17(23)13-11-16)25-15-14-18-19(24-30(5,28)29)8-7-9-20(18)25/h7-15,24H,6H2,1-5H3/q+1. The van der Waals surface area contributed by atoms with Crippen molar-refractivity contribution in [2.45, 2.75) is 18.9 Å². The molecule has 1 atom stereocenters. The van der Waals surface area contributed by atoms with Crippen molar-refractivity contribution < 1.29 is 17.7 Å². The van der Waals surface area contributed by atoms with Crippen molar-refractivity contribution in [2.24, 2.45) is 0 Å². The fourth-order valence-corrected chi connectivity index (χ4v) is 4.66. The van der Waals surface area contributed by atoms with Crippen LogP contribution in [-0.4, -0.2) is 50.8 Å². The van der Waals surface area contributed by atoms with E-state index < -0.39 is 15.6 Å². The number of amides is 1. The van der Waals surface area contributed by atoms with Gasteiger partial charge in [0.1, 0.15) is 0 Å². The van der Waals surface area contributed by atoms with Crippen LogP contribution in [0.3, 0.4) is 0 Å². The van der Waals surface area contributed by atoms with Gasteiger partial charge in [-0.3, -0.25) is 9.21 Å². The third kappa shape index (κ3) is 3.97. The summed E-state index contributed by atoms with van der Waals surface area (Å²) in [5.74, 6) is 0.00583. The van der Waals surface area contributed by atoms with Gasteiger partial charge in [0.15, 0.2) is 5.54 Å². The highest BCUT2D eigenvalue weighted by Gasteiger charge is 2.48. The summed E-state index contributed by atoms with van der Waals surface area (Å²) in [7, 11) is 2.12. The van der Waals surface area contributed by atoms with Gasteiger partial charge in [0.2, 0.25) is 10.0 Å². The van der Waals surface area contributed by atoms with Crippen molar-refractivity contribution in [2.75, 3.05) is 32.1 Å². The average molecular weight is 449 g/mol.